The third-order valence-corrected chi connectivity index (χ3v) is 2.34. The Hall–Kier alpha value is -1.97. The van der Waals surface area contributed by atoms with Crippen LogP contribution in [-0.4, -0.2) is 9.78 Å². The van der Waals surface area contributed by atoms with Crippen molar-refractivity contribution in [2.24, 2.45) is 7.05 Å². The maximum Gasteiger partial charge on any atom is 0.132 e. The van der Waals surface area contributed by atoms with Gasteiger partial charge < -0.3 is 10.5 Å². The zero-order valence-corrected chi connectivity index (χ0v) is 9.47. The molecule has 16 heavy (non-hydrogen) atoms. The van der Waals surface area contributed by atoms with Crippen molar-refractivity contribution in [3.63, 3.8) is 0 Å². The van der Waals surface area contributed by atoms with Crippen molar-refractivity contribution in [1.82, 2.24) is 9.78 Å². The number of nitrogens with zero attached hydrogens (tertiary/aromatic N) is 2. The molecule has 0 spiro atoms. The van der Waals surface area contributed by atoms with E-state index in [1.807, 2.05) is 44.4 Å². The van der Waals surface area contributed by atoms with Crippen LogP contribution in [0.5, 0.6) is 5.75 Å². The highest BCUT2D eigenvalue weighted by atomic mass is 16.5. The first kappa shape index (κ1) is 10.5. The molecular formula is C12H15N3O. The van der Waals surface area contributed by atoms with Gasteiger partial charge in [0.1, 0.15) is 12.4 Å². The summed E-state index contributed by atoms with van der Waals surface area (Å²) in [5.41, 5.74) is 8.37. The molecule has 0 atom stereocenters. The average molecular weight is 217 g/mol. The minimum absolute atomic E-state index is 0.478. The molecule has 4 nitrogen and oxygen atoms in total. The van der Waals surface area contributed by atoms with Gasteiger partial charge in [-0.25, -0.2) is 0 Å². The average Bonchev–Trinajstić information content (AvgIpc) is 2.63. The van der Waals surface area contributed by atoms with Gasteiger partial charge in [-0.3, -0.25) is 4.68 Å². The van der Waals surface area contributed by atoms with Crippen LogP contribution in [0.1, 0.15) is 11.3 Å². The summed E-state index contributed by atoms with van der Waals surface area (Å²) in [5, 5.41) is 4.24. The van der Waals surface area contributed by atoms with Gasteiger partial charge >= 0.3 is 0 Å². The van der Waals surface area contributed by atoms with Gasteiger partial charge in [-0.05, 0) is 36.8 Å². The van der Waals surface area contributed by atoms with E-state index in [1.54, 1.807) is 4.68 Å². The van der Waals surface area contributed by atoms with Crippen LogP contribution < -0.4 is 10.5 Å². The number of aromatic nitrogens is 2. The standard InChI is InChI=1S/C12H15N3O/c1-9-7-10(13)3-4-12(9)16-8-11-5-6-15(2)14-11/h3-7H,8,13H2,1-2H3. The Morgan fingerprint density at radius 1 is 1.38 bits per heavy atom. The van der Waals surface area contributed by atoms with Gasteiger partial charge in [0, 0.05) is 18.9 Å². The van der Waals surface area contributed by atoms with Gasteiger partial charge in [-0.1, -0.05) is 0 Å². The first-order valence-electron chi connectivity index (χ1n) is 5.12. The van der Waals surface area contributed by atoms with E-state index in [2.05, 4.69) is 5.10 Å². The molecule has 1 heterocycles. The highest BCUT2D eigenvalue weighted by Gasteiger charge is 2.02. The smallest absolute Gasteiger partial charge is 0.132 e. The van der Waals surface area contributed by atoms with Crippen LogP contribution in [-0.2, 0) is 13.7 Å². The van der Waals surface area contributed by atoms with Crippen molar-refractivity contribution in [3.8, 4) is 5.75 Å². The summed E-state index contributed by atoms with van der Waals surface area (Å²) in [4.78, 5) is 0. The molecule has 0 radical (unpaired) electrons. The van der Waals surface area contributed by atoms with E-state index in [4.69, 9.17) is 10.5 Å². The second kappa shape index (κ2) is 4.26. The summed E-state index contributed by atoms with van der Waals surface area (Å²) < 4.78 is 7.42. The van der Waals surface area contributed by atoms with Crippen LogP contribution in [0, 0.1) is 6.92 Å². The molecule has 1 aromatic heterocycles. The lowest BCUT2D eigenvalue weighted by Gasteiger charge is -2.08. The van der Waals surface area contributed by atoms with Crippen LogP contribution >= 0.6 is 0 Å². The predicted octanol–water partition coefficient (Wildman–Crippen LogP) is 1.89. The molecule has 0 fully saturated rings. The fourth-order valence-corrected chi connectivity index (χ4v) is 1.53. The van der Waals surface area contributed by atoms with Crippen molar-refractivity contribution in [1.29, 1.82) is 0 Å². The second-order valence-electron chi connectivity index (χ2n) is 3.79. The SMILES string of the molecule is Cc1cc(N)ccc1OCc1ccn(C)n1. The molecule has 2 aromatic rings. The monoisotopic (exact) mass is 217 g/mol. The highest BCUT2D eigenvalue weighted by molar-refractivity contribution is 5.47. The van der Waals surface area contributed by atoms with Crippen molar-refractivity contribution in [3.05, 3.63) is 41.7 Å². The molecule has 84 valence electrons. The Labute approximate surface area is 94.6 Å². The van der Waals surface area contributed by atoms with Crippen LogP contribution in [0.2, 0.25) is 0 Å². The molecule has 0 saturated heterocycles. The van der Waals surface area contributed by atoms with Gasteiger partial charge in [0.15, 0.2) is 0 Å². The minimum Gasteiger partial charge on any atom is -0.487 e. The molecule has 0 amide bonds. The number of rotatable bonds is 3. The van der Waals surface area contributed by atoms with Gasteiger partial charge in [-0.15, -0.1) is 0 Å². The summed E-state index contributed by atoms with van der Waals surface area (Å²) >= 11 is 0. The van der Waals surface area contributed by atoms with E-state index in [-0.39, 0.29) is 0 Å². The summed E-state index contributed by atoms with van der Waals surface area (Å²) in [5.74, 6) is 0.847. The second-order valence-corrected chi connectivity index (χ2v) is 3.79. The third-order valence-electron chi connectivity index (χ3n) is 2.34. The van der Waals surface area contributed by atoms with Crippen LogP contribution in [0.15, 0.2) is 30.5 Å². The highest BCUT2D eigenvalue weighted by Crippen LogP contribution is 2.20. The molecule has 0 bridgehead atoms. The molecule has 4 heteroatoms. The number of hydrogen-bond donors (Lipinski definition) is 1. The van der Waals surface area contributed by atoms with Crippen molar-refractivity contribution in [2.45, 2.75) is 13.5 Å². The summed E-state index contributed by atoms with van der Waals surface area (Å²) in [7, 11) is 1.89. The molecular weight excluding hydrogens is 202 g/mol. The lowest BCUT2D eigenvalue weighted by atomic mass is 10.2. The summed E-state index contributed by atoms with van der Waals surface area (Å²) in [6.45, 7) is 2.45. The maximum atomic E-state index is 5.67. The van der Waals surface area contributed by atoms with E-state index in [1.165, 1.54) is 0 Å². The molecule has 2 rings (SSSR count). The largest absolute Gasteiger partial charge is 0.487 e. The van der Waals surface area contributed by atoms with E-state index >= 15 is 0 Å². The Balaban J connectivity index is 2.04. The van der Waals surface area contributed by atoms with Crippen molar-refractivity contribution < 1.29 is 4.74 Å². The number of anilines is 1. The molecule has 0 saturated carbocycles. The van der Waals surface area contributed by atoms with E-state index in [0.717, 1.165) is 22.7 Å². The Bertz CT molecular complexity index is 491. The zero-order valence-electron chi connectivity index (χ0n) is 9.47. The zero-order chi connectivity index (χ0) is 11.5. The molecule has 2 N–H and O–H groups in total. The lowest BCUT2D eigenvalue weighted by Crippen LogP contribution is -1.99. The van der Waals surface area contributed by atoms with Gasteiger partial charge in [-0.2, -0.15) is 5.10 Å². The lowest BCUT2D eigenvalue weighted by molar-refractivity contribution is 0.298. The number of benzene rings is 1. The van der Waals surface area contributed by atoms with Gasteiger partial charge in [0.2, 0.25) is 0 Å². The maximum absolute atomic E-state index is 5.67. The minimum atomic E-state index is 0.478. The van der Waals surface area contributed by atoms with Crippen molar-refractivity contribution >= 4 is 5.69 Å². The van der Waals surface area contributed by atoms with Crippen molar-refractivity contribution in [2.75, 3.05) is 5.73 Å². The third kappa shape index (κ3) is 2.34. The summed E-state index contributed by atoms with van der Waals surface area (Å²) in [6, 6.07) is 7.55. The van der Waals surface area contributed by atoms with E-state index in [0.29, 0.717) is 6.61 Å². The Morgan fingerprint density at radius 3 is 2.81 bits per heavy atom. The van der Waals surface area contributed by atoms with Crippen LogP contribution in [0.25, 0.3) is 0 Å². The molecule has 0 aliphatic carbocycles. The summed E-state index contributed by atoms with van der Waals surface area (Å²) in [6.07, 6.45) is 1.90. The number of aryl methyl sites for hydroxylation is 2. The molecule has 1 aromatic carbocycles. The number of nitrogens with two attached hydrogens (primary N) is 1. The quantitative estimate of drug-likeness (QED) is 0.799. The molecule has 0 aliphatic rings. The fourth-order valence-electron chi connectivity index (χ4n) is 1.53. The number of hydrogen-bond acceptors (Lipinski definition) is 3. The first-order valence-corrected chi connectivity index (χ1v) is 5.12. The van der Waals surface area contributed by atoms with Gasteiger partial charge in [0.05, 0.1) is 5.69 Å². The first-order chi connectivity index (χ1) is 7.65. The van der Waals surface area contributed by atoms with Crippen LogP contribution in [0.3, 0.4) is 0 Å². The van der Waals surface area contributed by atoms with E-state index in [9.17, 15) is 0 Å². The topological polar surface area (TPSA) is 53.1 Å². The van der Waals surface area contributed by atoms with Gasteiger partial charge in [0.25, 0.3) is 0 Å². The predicted molar refractivity (Wildman–Crippen MR) is 63.1 cm³/mol. The Morgan fingerprint density at radius 2 is 2.19 bits per heavy atom. The van der Waals surface area contributed by atoms with E-state index < -0.39 is 0 Å². The number of nitrogen functional groups attached to an aromatic ring is 1. The Kier molecular flexibility index (Phi) is 2.81. The number of ether oxygens (including phenoxy) is 1. The molecule has 0 unspecified atom stereocenters. The normalized spacial score (nSPS) is 10.4. The fraction of sp³-hybridized carbons (Fsp3) is 0.250. The van der Waals surface area contributed by atoms with Crippen LogP contribution in [0.4, 0.5) is 5.69 Å². The molecule has 0 aliphatic heterocycles.